The number of methoxy groups -OCH3 is 1. The second kappa shape index (κ2) is 7.30. The molecule has 0 aliphatic rings. The standard InChI is InChI=1S/C14H23NO2/c1-5-15-9-13(10-16-4)17-14-8-11(2)6-7-12(14)3/h6-8,13,15H,5,9-10H2,1-4H3. The molecule has 17 heavy (non-hydrogen) atoms. The third-order valence-electron chi connectivity index (χ3n) is 2.61. The maximum atomic E-state index is 5.98. The molecular weight excluding hydrogens is 214 g/mol. The van der Waals surface area contributed by atoms with Gasteiger partial charge in [-0.3, -0.25) is 0 Å². The van der Waals surface area contributed by atoms with Crippen LogP contribution in [0.4, 0.5) is 0 Å². The summed E-state index contributed by atoms with van der Waals surface area (Å²) in [6.45, 7) is 8.56. The van der Waals surface area contributed by atoms with E-state index >= 15 is 0 Å². The van der Waals surface area contributed by atoms with E-state index in [4.69, 9.17) is 9.47 Å². The first-order chi connectivity index (χ1) is 8.17. The van der Waals surface area contributed by atoms with Crippen molar-refractivity contribution in [3.8, 4) is 5.75 Å². The molecule has 1 unspecified atom stereocenters. The van der Waals surface area contributed by atoms with Crippen LogP contribution in [-0.4, -0.2) is 32.9 Å². The molecule has 1 rings (SSSR count). The first-order valence-electron chi connectivity index (χ1n) is 6.11. The van der Waals surface area contributed by atoms with Crippen LogP contribution >= 0.6 is 0 Å². The minimum absolute atomic E-state index is 0.0560. The van der Waals surface area contributed by atoms with Crippen molar-refractivity contribution in [3.05, 3.63) is 29.3 Å². The predicted molar refractivity (Wildman–Crippen MR) is 70.8 cm³/mol. The lowest BCUT2D eigenvalue weighted by molar-refractivity contribution is 0.0805. The normalized spacial score (nSPS) is 12.5. The minimum Gasteiger partial charge on any atom is -0.486 e. The van der Waals surface area contributed by atoms with Crippen LogP contribution in [0.1, 0.15) is 18.1 Å². The highest BCUT2D eigenvalue weighted by Gasteiger charge is 2.11. The van der Waals surface area contributed by atoms with Gasteiger partial charge in [-0.1, -0.05) is 19.1 Å². The van der Waals surface area contributed by atoms with E-state index in [0.717, 1.165) is 24.4 Å². The molecule has 0 bridgehead atoms. The predicted octanol–water partition coefficient (Wildman–Crippen LogP) is 2.31. The van der Waals surface area contributed by atoms with Gasteiger partial charge < -0.3 is 14.8 Å². The van der Waals surface area contributed by atoms with Crippen LogP contribution in [-0.2, 0) is 4.74 Å². The van der Waals surface area contributed by atoms with Crippen LogP contribution in [0.5, 0.6) is 5.75 Å². The second-order valence-corrected chi connectivity index (χ2v) is 4.27. The molecule has 0 saturated heterocycles. The summed E-state index contributed by atoms with van der Waals surface area (Å²) in [5.74, 6) is 0.949. The maximum absolute atomic E-state index is 5.98. The molecule has 0 aromatic heterocycles. The molecule has 0 fully saturated rings. The Hall–Kier alpha value is -1.06. The number of nitrogens with one attached hydrogen (secondary N) is 1. The number of hydrogen-bond acceptors (Lipinski definition) is 3. The molecule has 3 heteroatoms. The Morgan fingerprint density at radius 1 is 1.29 bits per heavy atom. The number of benzene rings is 1. The zero-order valence-electron chi connectivity index (χ0n) is 11.2. The van der Waals surface area contributed by atoms with E-state index < -0.39 is 0 Å². The summed E-state index contributed by atoms with van der Waals surface area (Å²) in [6, 6.07) is 6.25. The molecule has 0 heterocycles. The fourth-order valence-corrected chi connectivity index (χ4v) is 1.64. The summed E-state index contributed by atoms with van der Waals surface area (Å²) in [6.07, 6.45) is 0.0560. The minimum atomic E-state index is 0.0560. The molecule has 96 valence electrons. The topological polar surface area (TPSA) is 30.5 Å². The molecule has 0 aliphatic carbocycles. The van der Waals surface area contributed by atoms with Crippen LogP contribution in [0.25, 0.3) is 0 Å². The van der Waals surface area contributed by atoms with Crippen molar-refractivity contribution in [1.29, 1.82) is 0 Å². The molecular formula is C14H23NO2. The molecule has 1 N–H and O–H groups in total. The maximum Gasteiger partial charge on any atom is 0.134 e. The van der Waals surface area contributed by atoms with Crippen LogP contribution in [0.2, 0.25) is 0 Å². The third-order valence-corrected chi connectivity index (χ3v) is 2.61. The van der Waals surface area contributed by atoms with Gasteiger partial charge in [-0.2, -0.15) is 0 Å². The van der Waals surface area contributed by atoms with E-state index in [1.54, 1.807) is 7.11 Å². The van der Waals surface area contributed by atoms with Crippen LogP contribution in [0.3, 0.4) is 0 Å². The highest BCUT2D eigenvalue weighted by molar-refractivity contribution is 5.36. The smallest absolute Gasteiger partial charge is 0.134 e. The summed E-state index contributed by atoms with van der Waals surface area (Å²) < 4.78 is 11.2. The number of likely N-dealkylation sites (N-methyl/N-ethyl adjacent to an activating group) is 1. The fraction of sp³-hybridized carbons (Fsp3) is 0.571. The first-order valence-corrected chi connectivity index (χ1v) is 6.11. The monoisotopic (exact) mass is 237 g/mol. The SMILES string of the molecule is CCNCC(COC)Oc1cc(C)ccc1C. The average Bonchev–Trinajstić information content (AvgIpc) is 2.31. The Morgan fingerprint density at radius 2 is 2.06 bits per heavy atom. The summed E-state index contributed by atoms with van der Waals surface area (Å²) in [5, 5.41) is 3.28. The Kier molecular flexibility index (Phi) is 6.01. The van der Waals surface area contributed by atoms with Crippen LogP contribution in [0.15, 0.2) is 18.2 Å². The highest BCUT2D eigenvalue weighted by Crippen LogP contribution is 2.20. The van der Waals surface area contributed by atoms with Gasteiger partial charge in [-0.25, -0.2) is 0 Å². The van der Waals surface area contributed by atoms with Crippen LogP contribution < -0.4 is 10.1 Å². The van der Waals surface area contributed by atoms with E-state index in [-0.39, 0.29) is 6.10 Å². The highest BCUT2D eigenvalue weighted by atomic mass is 16.5. The molecule has 0 aliphatic heterocycles. The molecule has 0 saturated carbocycles. The van der Waals surface area contributed by atoms with Gasteiger partial charge in [-0.15, -0.1) is 0 Å². The van der Waals surface area contributed by atoms with Crippen molar-refractivity contribution in [2.45, 2.75) is 26.9 Å². The van der Waals surface area contributed by atoms with Crippen molar-refractivity contribution in [2.24, 2.45) is 0 Å². The van der Waals surface area contributed by atoms with E-state index in [1.165, 1.54) is 5.56 Å². The Balaban J connectivity index is 2.67. The van der Waals surface area contributed by atoms with Crippen LogP contribution in [0, 0.1) is 13.8 Å². The molecule has 0 amide bonds. The number of aryl methyl sites for hydroxylation is 2. The lowest BCUT2D eigenvalue weighted by atomic mass is 10.1. The second-order valence-electron chi connectivity index (χ2n) is 4.27. The van der Waals surface area contributed by atoms with Crippen molar-refractivity contribution >= 4 is 0 Å². The van der Waals surface area contributed by atoms with Gasteiger partial charge in [0.25, 0.3) is 0 Å². The zero-order chi connectivity index (χ0) is 12.7. The van der Waals surface area contributed by atoms with Gasteiger partial charge in [0.05, 0.1) is 6.61 Å². The van der Waals surface area contributed by atoms with E-state index in [2.05, 4.69) is 44.3 Å². The summed E-state index contributed by atoms with van der Waals surface area (Å²) in [4.78, 5) is 0. The van der Waals surface area contributed by atoms with E-state index in [1.807, 2.05) is 0 Å². The Labute approximate surface area is 104 Å². The number of rotatable bonds is 7. The van der Waals surface area contributed by atoms with Crippen molar-refractivity contribution in [2.75, 3.05) is 26.8 Å². The molecule has 1 aromatic rings. The van der Waals surface area contributed by atoms with E-state index in [0.29, 0.717) is 6.61 Å². The summed E-state index contributed by atoms with van der Waals surface area (Å²) >= 11 is 0. The van der Waals surface area contributed by atoms with Gasteiger partial charge in [0, 0.05) is 13.7 Å². The Morgan fingerprint density at radius 3 is 2.71 bits per heavy atom. The van der Waals surface area contributed by atoms with Gasteiger partial charge in [-0.05, 0) is 37.6 Å². The number of hydrogen-bond donors (Lipinski definition) is 1. The Bertz CT molecular complexity index is 339. The molecule has 1 aromatic carbocycles. The molecule has 0 spiro atoms. The summed E-state index contributed by atoms with van der Waals surface area (Å²) in [5.41, 5.74) is 2.37. The third kappa shape index (κ3) is 4.75. The lowest BCUT2D eigenvalue weighted by Gasteiger charge is -2.20. The first kappa shape index (κ1) is 14.0. The molecule has 0 radical (unpaired) electrons. The lowest BCUT2D eigenvalue weighted by Crippen LogP contribution is -2.35. The van der Waals surface area contributed by atoms with Gasteiger partial charge in [0.2, 0.25) is 0 Å². The summed E-state index contributed by atoms with van der Waals surface area (Å²) in [7, 11) is 1.70. The fourth-order valence-electron chi connectivity index (χ4n) is 1.64. The molecule has 3 nitrogen and oxygen atoms in total. The van der Waals surface area contributed by atoms with Crippen molar-refractivity contribution < 1.29 is 9.47 Å². The quantitative estimate of drug-likeness (QED) is 0.789. The van der Waals surface area contributed by atoms with Gasteiger partial charge in [0.15, 0.2) is 0 Å². The van der Waals surface area contributed by atoms with Crippen molar-refractivity contribution in [1.82, 2.24) is 5.32 Å². The van der Waals surface area contributed by atoms with Gasteiger partial charge in [0.1, 0.15) is 11.9 Å². The van der Waals surface area contributed by atoms with Gasteiger partial charge >= 0.3 is 0 Å². The molecule has 1 atom stereocenters. The number of ether oxygens (including phenoxy) is 2. The van der Waals surface area contributed by atoms with Crippen molar-refractivity contribution in [3.63, 3.8) is 0 Å². The zero-order valence-corrected chi connectivity index (χ0v) is 11.2. The van der Waals surface area contributed by atoms with E-state index in [9.17, 15) is 0 Å². The average molecular weight is 237 g/mol. The largest absolute Gasteiger partial charge is 0.486 e.